The summed E-state index contributed by atoms with van der Waals surface area (Å²) >= 11 is 4.86. The maximum Gasteiger partial charge on any atom is 0.245 e. The summed E-state index contributed by atoms with van der Waals surface area (Å²) in [4.78, 5) is 1.43. The minimum Gasteiger partial charge on any atom is -0.315 e. The molecule has 7 heteroatoms. The second-order valence-corrected chi connectivity index (χ2v) is 9.52. The first-order valence-electron chi connectivity index (χ1n) is 6.29. The predicted molar refractivity (Wildman–Crippen MR) is 81.9 cm³/mol. The molecule has 19 heavy (non-hydrogen) atoms. The fraction of sp³-hybridized carbons (Fsp3) is 0.667. The van der Waals surface area contributed by atoms with Crippen molar-refractivity contribution in [3.05, 3.63) is 14.7 Å². The highest BCUT2D eigenvalue weighted by Gasteiger charge is 2.36. The number of nitrogens with zero attached hydrogens (tertiary/aromatic N) is 1. The fourth-order valence-corrected chi connectivity index (χ4v) is 6.53. The fourth-order valence-electron chi connectivity index (χ4n) is 2.25. The Bertz CT molecular complexity index is 546. The smallest absolute Gasteiger partial charge is 0.245 e. The Labute approximate surface area is 127 Å². The topological polar surface area (TPSA) is 49.4 Å². The molecule has 1 fully saturated rings. The second-order valence-electron chi connectivity index (χ2n) is 5.16. The first-order valence-corrected chi connectivity index (χ1v) is 9.34. The van der Waals surface area contributed by atoms with Gasteiger partial charge in [0.1, 0.15) is 4.90 Å². The van der Waals surface area contributed by atoms with Gasteiger partial charge in [0, 0.05) is 24.5 Å². The highest BCUT2D eigenvalue weighted by molar-refractivity contribution is 9.11. The molecule has 1 aromatic rings. The van der Waals surface area contributed by atoms with Gasteiger partial charge in [-0.1, -0.05) is 13.8 Å². The maximum absolute atomic E-state index is 12.6. The molecule has 0 aliphatic carbocycles. The molecular weight excluding hydrogens is 348 g/mol. The van der Waals surface area contributed by atoms with Gasteiger partial charge in [-0.05, 0) is 40.9 Å². The summed E-state index contributed by atoms with van der Waals surface area (Å²) in [6.07, 6.45) is 0. The molecule has 108 valence electrons. The lowest BCUT2D eigenvalue weighted by Gasteiger charge is -2.15. The molecule has 1 N–H and O–H groups in total. The van der Waals surface area contributed by atoms with Gasteiger partial charge in [0.2, 0.25) is 10.0 Å². The van der Waals surface area contributed by atoms with E-state index in [1.54, 1.807) is 10.4 Å². The molecule has 0 aromatic carbocycles. The van der Waals surface area contributed by atoms with Gasteiger partial charge >= 0.3 is 0 Å². The van der Waals surface area contributed by atoms with Gasteiger partial charge in [0.15, 0.2) is 0 Å². The van der Waals surface area contributed by atoms with Crippen molar-refractivity contribution < 1.29 is 8.42 Å². The number of hydrogen-bond acceptors (Lipinski definition) is 4. The Morgan fingerprint density at radius 3 is 2.53 bits per heavy atom. The normalized spacial score (nSPS) is 25.1. The molecule has 1 aliphatic heterocycles. The maximum atomic E-state index is 12.6. The average molecular weight is 367 g/mol. The van der Waals surface area contributed by atoms with Crippen LogP contribution in [-0.4, -0.2) is 32.9 Å². The van der Waals surface area contributed by atoms with Gasteiger partial charge < -0.3 is 5.32 Å². The van der Waals surface area contributed by atoms with Crippen LogP contribution < -0.4 is 5.32 Å². The molecule has 0 spiro atoms. The summed E-state index contributed by atoms with van der Waals surface area (Å²) in [5, 5.41) is 3.04. The van der Waals surface area contributed by atoms with Crippen LogP contribution in [0.15, 0.2) is 14.7 Å². The van der Waals surface area contributed by atoms with Crippen molar-refractivity contribution in [3.8, 4) is 0 Å². The zero-order valence-electron chi connectivity index (χ0n) is 11.3. The quantitative estimate of drug-likeness (QED) is 0.890. The van der Waals surface area contributed by atoms with Crippen molar-refractivity contribution in [2.24, 2.45) is 11.8 Å². The lowest BCUT2D eigenvalue weighted by atomic mass is 10.0. The molecule has 0 saturated carbocycles. The molecule has 4 nitrogen and oxygen atoms in total. The lowest BCUT2D eigenvalue weighted by Crippen LogP contribution is -2.29. The van der Waals surface area contributed by atoms with E-state index in [1.165, 1.54) is 11.3 Å². The molecule has 2 rings (SSSR count). The third kappa shape index (κ3) is 3.05. The third-order valence-corrected chi connectivity index (χ3v) is 7.71. The number of rotatable bonds is 4. The molecule has 2 unspecified atom stereocenters. The minimum atomic E-state index is -3.36. The van der Waals surface area contributed by atoms with E-state index in [2.05, 4.69) is 35.1 Å². The Morgan fingerprint density at radius 2 is 2.00 bits per heavy atom. The monoisotopic (exact) mass is 366 g/mol. The molecular formula is C12H19BrN2O2S2. The summed E-state index contributed by atoms with van der Waals surface area (Å²) in [5.41, 5.74) is 0. The lowest BCUT2D eigenvalue weighted by molar-refractivity contribution is 0.463. The van der Waals surface area contributed by atoms with Crippen LogP contribution in [0.2, 0.25) is 0 Å². The molecule has 0 radical (unpaired) electrons. The molecule has 1 aromatic heterocycles. The Balaban J connectivity index is 2.30. The van der Waals surface area contributed by atoms with Crippen molar-refractivity contribution >= 4 is 37.3 Å². The highest BCUT2D eigenvalue weighted by atomic mass is 79.9. The van der Waals surface area contributed by atoms with Crippen LogP contribution in [0.4, 0.5) is 0 Å². The number of nitrogens with one attached hydrogen (secondary N) is 1. The minimum absolute atomic E-state index is 0.407. The van der Waals surface area contributed by atoms with Crippen LogP contribution in [-0.2, 0) is 16.6 Å². The first-order chi connectivity index (χ1) is 8.86. The van der Waals surface area contributed by atoms with Gasteiger partial charge in [-0.25, -0.2) is 8.42 Å². The third-order valence-electron chi connectivity index (χ3n) is 3.63. The van der Waals surface area contributed by atoms with E-state index in [4.69, 9.17) is 0 Å². The largest absolute Gasteiger partial charge is 0.315 e. The van der Waals surface area contributed by atoms with Gasteiger partial charge in [-0.15, -0.1) is 11.3 Å². The van der Waals surface area contributed by atoms with Gasteiger partial charge in [0.05, 0.1) is 3.79 Å². The van der Waals surface area contributed by atoms with Crippen LogP contribution in [0.25, 0.3) is 0 Å². The van der Waals surface area contributed by atoms with Gasteiger partial charge in [-0.2, -0.15) is 4.31 Å². The second kappa shape index (κ2) is 5.81. The average Bonchev–Trinajstić information content (AvgIpc) is 2.85. The number of sulfonamides is 1. The number of halogens is 1. The van der Waals surface area contributed by atoms with Crippen molar-refractivity contribution in [1.82, 2.24) is 9.62 Å². The van der Waals surface area contributed by atoms with E-state index in [0.29, 0.717) is 40.2 Å². The van der Waals surface area contributed by atoms with E-state index in [0.717, 1.165) is 4.88 Å². The van der Waals surface area contributed by atoms with E-state index < -0.39 is 10.0 Å². The predicted octanol–water partition coefficient (Wildman–Crippen LogP) is 2.51. The summed E-state index contributed by atoms with van der Waals surface area (Å²) in [6.45, 7) is 6.14. The van der Waals surface area contributed by atoms with Crippen LogP contribution >= 0.6 is 27.3 Å². The highest BCUT2D eigenvalue weighted by Crippen LogP contribution is 2.36. The Hall–Kier alpha value is 0.0500. The molecule has 0 bridgehead atoms. The zero-order chi connectivity index (χ0) is 14.2. The summed E-state index contributed by atoms with van der Waals surface area (Å²) in [6, 6.07) is 1.77. The first kappa shape index (κ1) is 15.4. The van der Waals surface area contributed by atoms with Crippen molar-refractivity contribution in [3.63, 3.8) is 0 Å². The number of thiophene rings is 1. The molecule has 0 amide bonds. The Kier molecular flexibility index (Phi) is 4.72. The van der Waals surface area contributed by atoms with Crippen molar-refractivity contribution in [2.45, 2.75) is 25.3 Å². The van der Waals surface area contributed by atoms with E-state index in [9.17, 15) is 8.42 Å². The SMILES string of the molecule is CNCc1cc(S(=O)(=O)N2CC(C)C(C)C2)c(Br)s1. The van der Waals surface area contributed by atoms with Gasteiger partial charge in [-0.3, -0.25) is 0 Å². The van der Waals surface area contributed by atoms with Crippen molar-refractivity contribution in [2.75, 3.05) is 20.1 Å². The van der Waals surface area contributed by atoms with Crippen LogP contribution in [0.3, 0.4) is 0 Å². The van der Waals surface area contributed by atoms with Crippen LogP contribution in [0.5, 0.6) is 0 Å². The van der Waals surface area contributed by atoms with E-state index >= 15 is 0 Å². The van der Waals surface area contributed by atoms with E-state index in [1.807, 2.05) is 7.05 Å². The Morgan fingerprint density at radius 1 is 1.42 bits per heavy atom. The molecule has 1 saturated heterocycles. The molecule has 2 atom stereocenters. The standard InChI is InChI=1S/C12H19BrN2O2S2/c1-8-6-15(7-9(8)2)19(16,17)11-4-10(5-14-3)18-12(11)13/h4,8-9,14H,5-7H2,1-3H3. The summed E-state index contributed by atoms with van der Waals surface area (Å²) in [5.74, 6) is 0.841. The molecule has 2 heterocycles. The van der Waals surface area contributed by atoms with Crippen LogP contribution in [0.1, 0.15) is 18.7 Å². The van der Waals surface area contributed by atoms with Crippen LogP contribution in [0, 0.1) is 11.8 Å². The zero-order valence-corrected chi connectivity index (χ0v) is 14.5. The van der Waals surface area contributed by atoms with Gasteiger partial charge in [0.25, 0.3) is 0 Å². The van der Waals surface area contributed by atoms with Crippen molar-refractivity contribution in [1.29, 1.82) is 0 Å². The summed E-state index contributed by atoms with van der Waals surface area (Å²) in [7, 11) is -1.51. The number of hydrogen-bond donors (Lipinski definition) is 1. The molecule has 1 aliphatic rings. The summed E-state index contributed by atoms with van der Waals surface area (Å²) < 4.78 is 27.6. The van der Waals surface area contributed by atoms with E-state index in [-0.39, 0.29) is 0 Å².